The van der Waals surface area contributed by atoms with E-state index in [9.17, 15) is 9.90 Å². The summed E-state index contributed by atoms with van der Waals surface area (Å²) in [5.41, 5.74) is 0.277. The maximum atomic E-state index is 12.0. The second kappa shape index (κ2) is 7.05. The molecule has 5 nitrogen and oxygen atoms in total. The summed E-state index contributed by atoms with van der Waals surface area (Å²) in [5, 5.41) is 13.3. The minimum Gasteiger partial charge on any atom is -0.505 e. The number of carbonyl (C=O) groups excluding carboxylic acids is 1. The normalized spacial score (nSPS) is 16.3. The van der Waals surface area contributed by atoms with Crippen LogP contribution < -0.4 is 5.32 Å². The molecule has 7 heteroatoms. The van der Waals surface area contributed by atoms with Crippen LogP contribution in [-0.4, -0.2) is 40.8 Å². The highest BCUT2D eigenvalue weighted by Crippen LogP contribution is 2.35. The molecule has 1 aliphatic rings. The van der Waals surface area contributed by atoms with Crippen LogP contribution in [0.4, 0.5) is 10.5 Å². The summed E-state index contributed by atoms with van der Waals surface area (Å²) in [7, 11) is 0. The van der Waals surface area contributed by atoms with Gasteiger partial charge in [-0.3, -0.25) is 0 Å². The highest BCUT2D eigenvalue weighted by atomic mass is 35.5. The Labute approximate surface area is 146 Å². The number of anilines is 1. The van der Waals surface area contributed by atoms with Crippen molar-refractivity contribution in [2.24, 2.45) is 0 Å². The average Bonchev–Trinajstić information content (AvgIpc) is 2.43. The molecule has 1 fully saturated rings. The Morgan fingerprint density at radius 2 is 1.78 bits per heavy atom. The van der Waals surface area contributed by atoms with Crippen molar-refractivity contribution in [1.29, 1.82) is 0 Å². The maximum absolute atomic E-state index is 12.0. The van der Waals surface area contributed by atoms with Crippen molar-refractivity contribution >= 4 is 35.0 Å². The number of ether oxygens (including phenoxy) is 1. The van der Waals surface area contributed by atoms with Crippen LogP contribution in [-0.2, 0) is 4.74 Å². The molecule has 1 aromatic carbocycles. The van der Waals surface area contributed by atoms with Gasteiger partial charge in [0, 0.05) is 24.8 Å². The van der Waals surface area contributed by atoms with Crippen LogP contribution in [0.5, 0.6) is 5.75 Å². The van der Waals surface area contributed by atoms with Crippen LogP contribution in [0.15, 0.2) is 12.1 Å². The van der Waals surface area contributed by atoms with E-state index < -0.39 is 5.60 Å². The predicted molar refractivity (Wildman–Crippen MR) is 92.6 cm³/mol. The zero-order valence-corrected chi connectivity index (χ0v) is 15.0. The first-order chi connectivity index (χ1) is 10.7. The van der Waals surface area contributed by atoms with E-state index in [-0.39, 0.29) is 27.9 Å². The highest BCUT2D eigenvalue weighted by Gasteiger charge is 2.26. The van der Waals surface area contributed by atoms with Gasteiger partial charge in [0.15, 0.2) is 5.75 Å². The molecule has 1 saturated heterocycles. The molecular weight excluding hydrogens is 339 g/mol. The smallest absolute Gasteiger partial charge is 0.410 e. The van der Waals surface area contributed by atoms with E-state index in [0.717, 1.165) is 18.5 Å². The van der Waals surface area contributed by atoms with Gasteiger partial charge in [-0.1, -0.05) is 23.2 Å². The van der Waals surface area contributed by atoms with Crippen molar-refractivity contribution in [3.8, 4) is 5.75 Å². The third-order valence-corrected chi connectivity index (χ3v) is 4.11. The van der Waals surface area contributed by atoms with E-state index in [2.05, 4.69) is 5.32 Å². The molecule has 0 saturated carbocycles. The molecule has 0 atom stereocenters. The number of aromatic hydroxyl groups is 1. The van der Waals surface area contributed by atoms with Gasteiger partial charge >= 0.3 is 6.09 Å². The number of hydrogen-bond donors (Lipinski definition) is 2. The molecule has 2 rings (SSSR count). The molecule has 2 N–H and O–H groups in total. The lowest BCUT2D eigenvalue weighted by atomic mass is 10.0. The molecule has 0 bridgehead atoms. The molecule has 1 aromatic rings. The van der Waals surface area contributed by atoms with Crippen molar-refractivity contribution in [2.45, 2.75) is 45.3 Å². The van der Waals surface area contributed by atoms with E-state index >= 15 is 0 Å². The van der Waals surface area contributed by atoms with Gasteiger partial charge in [-0.2, -0.15) is 0 Å². The fraction of sp³-hybridized carbons (Fsp3) is 0.562. The number of piperidine rings is 1. The summed E-state index contributed by atoms with van der Waals surface area (Å²) in [6.45, 7) is 6.84. The first-order valence-corrected chi connectivity index (χ1v) is 8.34. The topological polar surface area (TPSA) is 61.8 Å². The molecule has 0 unspecified atom stereocenters. The lowest BCUT2D eigenvalue weighted by molar-refractivity contribution is 0.0210. The van der Waals surface area contributed by atoms with Crippen molar-refractivity contribution in [3.05, 3.63) is 22.2 Å². The van der Waals surface area contributed by atoms with Gasteiger partial charge in [0.25, 0.3) is 0 Å². The number of halogens is 2. The Morgan fingerprint density at radius 1 is 1.26 bits per heavy atom. The van der Waals surface area contributed by atoms with Crippen LogP contribution in [0.2, 0.25) is 10.0 Å². The Balaban J connectivity index is 1.89. The molecule has 1 aliphatic heterocycles. The molecule has 0 radical (unpaired) electrons. The van der Waals surface area contributed by atoms with Crippen molar-refractivity contribution in [3.63, 3.8) is 0 Å². The van der Waals surface area contributed by atoms with Gasteiger partial charge in [0.2, 0.25) is 0 Å². The van der Waals surface area contributed by atoms with Crippen LogP contribution in [0, 0.1) is 0 Å². The standard InChI is InChI=1S/C16H22Cl2N2O3/c1-16(2,3)23-15(22)20-6-4-10(5-7-20)19-11-8-12(17)14(21)13(18)9-11/h8-10,19,21H,4-7H2,1-3H3. The summed E-state index contributed by atoms with van der Waals surface area (Å²) in [6, 6.07) is 3.50. The first-order valence-electron chi connectivity index (χ1n) is 7.58. The summed E-state index contributed by atoms with van der Waals surface area (Å²) >= 11 is 11.8. The van der Waals surface area contributed by atoms with E-state index in [4.69, 9.17) is 27.9 Å². The second-order valence-corrected chi connectivity index (χ2v) is 7.49. The fourth-order valence-corrected chi connectivity index (χ4v) is 2.90. The zero-order valence-electron chi connectivity index (χ0n) is 13.5. The van der Waals surface area contributed by atoms with E-state index in [1.54, 1.807) is 17.0 Å². The van der Waals surface area contributed by atoms with E-state index in [0.29, 0.717) is 13.1 Å². The molecular formula is C16H22Cl2N2O3. The number of nitrogens with one attached hydrogen (secondary N) is 1. The van der Waals surface area contributed by atoms with Gasteiger partial charge in [-0.05, 0) is 45.7 Å². The molecule has 1 amide bonds. The number of phenols is 1. The number of amides is 1. The van der Waals surface area contributed by atoms with Gasteiger partial charge in [-0.15, -0.1) is 0 Å². The van der Waals surface area contributed by atoms with Gasteiger partial charge < -0.3 is 20.1 Å². The highest BCUT2D eigenvalue weighted by molar-refractivity contribution is 6.37. The number of hydrogen-bond acceptors (Lipinski definition) is 4. The molecule has 0 aliphatic carbocycles. The van der Waals surface area contributed by atoms with Crippen LogP contribution in [0.25, 0.3) is 0 Å². The molecule has 0 spiro atoms. The monoisotopic (exact) mass is 360 g/mol. The third kappa shape index (κ3) is 5.08. The Morgan fingerprint density at radius 3 is 2.26 bits per heavy atom. The van der Waals surface area contributed by atoms with Crippen LogP contribution in [0.1, 0.15) is 33.6 Å². The van der Waals surface area contributed by atoms with Crippen LogP contribution >= 0.6 is 23.2 Å². The number of phenolic OH excluding ortho intramolecular Hbond substituents is 1. The lowest BCUT2D eigenvalue weighted by Crippen LogP contribution is -2.44. The Hall–Kier alpha value is -1.33. The fourth-order valence-electron chi connectivity index (χ4n) is 2.42. The molecule has 128 valence electrons. The van der Waals surface area contributed by atoms with E-state index in [1.807, 2.05) is 20.8 Å². The minimum absolute atomic E-state index is 0.112. The Kier molecular flexibility index (Phi) is 5.53. The lowest BCUT2D eigenvalue weighted by Gasteiger charge is -2.34. The maximum Gasteiger partial charge on any atom is 0.410 e. The van der Waals surface area contributed by atoms with Gasteiger partial charge in [0.1, 0.15) is 5.60 Å². The number of benzene rings is 1. The van der Waals surface area contributed by atoms with Gasteiger partial charge in [0.05, 0.1) is 10.0 Å². The molecule has 1 heterocycles. The SMILES string of the molecule is CC(C)(C)OC(=O)N1CCC(Nc2cc(Cl)c(O)c(Cl)c2)CC1. The molecule has 0 aromatic heterocycles. The van der Waals surface area contributed by atoms with Crippen LogP contribution in [0.3, 0.4) is 0 Å². The number of carbonyl (C=O) groups is 1. The average molecular weight is 361 g/mol. The number of rotatable bonds is 2. The summed E-state index contributed by atoms with van der Waals surface area (Å²) in [5.74, 6) is -0.112. The largest absolute Gasteiger partial charge is 0.505 e. The van der Waals surface area contributed by atoms with Crippen molar-refractivity contribution in [1.82, 2.24) is 4.90 Å². The van der Waals surface area contributed by atoms with Gasteiger partial charge in [-0.25, -0.2) is 4.79 Å². The van der Waals surface area contributed by atoms with Crippen molar-refractivity contribution in [2.75, 3.05) is 18.4 Å². The Bertz CT molecular complexity index is 556. The summed E-state index contributed by atoms with van der Waals surface area (Å²) in [4.78, 5) is 13.7. The second-order valence-electron chi connectivity index (χ2n) is 6.67. The van der Waals surface area contributed by atoms with Crippen molar-refractivity contribution < 1.29 is 14.6 Å². The third-order valence-electron chi connectivity index (χ3n) is 3.53. The molecule has 23 heavy (non-hydrogen) atoms. The minimum atomic E-state index is -0.480. The summed E-state index contributed by atoms with van der Waals surface area (Å²) in [6.07, 6.45) is 1.33. The quantitative estimate of drug-likeness (QED) is 0.761. The van der Waals surface area contributed by atoms with E-state index in [1.165, 1.54) is 0 Å². The predicted octanol–water partition coefficient (Wildman–Crippen LogP) is 4.51. The first kappa shape index (κ1) is 18.0. The zero-order chi connectivity index (χ0) is 17.2. The number of nitrogens with zero attached hydrogens (tertiary/aromatic N) is 1. The number of likely N-dealkylation sites (tertiary alicyclic amines) is 1. The summed E-state index contributed by atoms with van der Waals surface area (Å²) < 4.78 is 5.38.